The molecule has 3 fully saturated rings. The number of carbonyl (C=O) groups excluding carboxylic acids is 1. The minimum Gasteiger partial charge on any atom is -0.353 e. The number of fused-ring (bicyclic) bond motifs is 2. The summed E-state index contributed by atoms with van der Waals surface area (Å²) in [5.41, 5.74) is 7.61. The normalized spacial score (nSPS) is 33.7. The molecule has 0 spiro atoms. The summed E-state index contributed by atoms with van der Waals surface area (Å²) in [6.45, 7) is 3.05. The van der Waals surface area contributed by atoms with Crippen LogP contribution in [0.15, 0.2) is 24.5 Å². The lowest BCUT2D eigenvalue weighted by atomic mass is 9.84. The van der Waals surface area contributed by atoms with Gasteiger partial charge in [0.1, 0.15) is 0 Å². The zero-order chi connectivity index (χ0) is 16.5. The number of pyridine rings is 1. The fourth-order valence-electron chi connectivity index (χ4n) is 5.00. The Morgan fingerprint density at radius 3 is 2.54 bits per heavy atom. The van der Waals surface area contributed by atoms with Crippen LogP contribution in [0.3, 0.4) is 0 Å². The van der Waals surface area contributed by atoms with Crippen LogP contribution < -0.4 is 11.1 Å². The summed E-state index contributed by atoms with van der Waals surface area (Å²) in [5, 5.41) is 3.30. The topological polar surface area (TPSA) is 71.2 Å². The first kappa shape index (κ1) is 16.0. The van der Waals surface area contributed by atoms with Crippen molar-refractivity contribution in [1.29, 1.82) is 0 Å². The summed E-state index contributed by atoms with van der Waals surface area (Å²) < 4.78 is 0. The Balaban J connectivity index is 1.25. The first-order valence-electron chi connectivity index (χ1n) is 9.38. The Kier molecular flexibility index (Phi) is 4.55. The number of aromatic nitrogens is 1. The van der Waals surface area contributed by atoms with Crippen LogP contribution in [0, 0.1) is 17.8 Å². The molecule has 4 atom stereocenters. The lowest BCUT2D eigenvalue weighted by Crippen LogP contribution is -2.50. The van der Waals surface area contributed by atoms with Gasteiger partial charge in [-0.25, -0.2) is 0 Å². The fourth-order valence-corrected chi connectivity index (χ4v) is 5.00. The predicted molar refractivity (Wildman–Crippen MR) is 93.0 cm³/mol. The Morgan fingerprint density at radius 2 is 1.88 bits per heavy atom. The molecule has 0 radical (unpaired) electrons. The van der Waals surface area contributed by atoms with Crippen LogP contribution in [0.5, 0.6) is 0 Å². The van der Waals surface area contributed by atoms with E-state index in [-0.39, 0.29) is 17.9 Å². The molecule has 1 amide bonds. The van der Waals surface area contributed by atoms with E-state index in [2.05, 4.69) is 27.3 Å². The molecule has 1 aromatic rings. The van der Waals surface area contributed by atoms with Gasteiger partial charge in [0.05, 0.1) is 5.92 Å². The van der Waals surface area contributed by atoms with E-state index in [0.717, 1.165) is 32.5 Å². The van der Waals surface area contributed by atoms with Gasteiger partial charge in [0.15, 0.2) is 0 Å². The molecule has 4 unspecified atom stereocenters. The second-order valence-corrected chi connectivity index (χ2v) is 7.85. The number of hydrogen-bond acceptors (Lipinski definition) is 4. The van der Waals surface area contributed by atoms with Crippen LogP contribution in [0.2, 0.25) is 0 Å². The van der Waals surface area contributed by atoms with Gasteiger partial charge in [0.2, 0.25) is 5.91 Å². The molecule has 5 heteroatoms. The van der Waals surface area contributed by atoms with Gasteiger partial charge < -0.3 is 11.1 Å². The van der Waals surface area contributed by atoms with Crippen molar-refractivity contribution < 1.29 is 4.79 Å². The van der Waals surface area contributed by atoms with Gasteiger partial charge in [0, 0.05) is 44.1 Å². The number of nitrogens with two attached hydrogens (primary N) is 1. The van der Waals surface area contributed by atoms with E-state index in [1.54, 1.807) is 0 Å². The number of nitrogens with zero attached hydrogens (tertiary/aromatic N) is 2. The molecule has 24 heavy (non-hydrogen) atoms. The maximum absolute atomic E-state index is 12.7. The van der Waals surface area contributed by atoms with Crippen molar-refractivity contribution >= 4 is 5.91 Å². The van der Waals surface area contributed by atoms with Crippen LogP contribution in [0.1, 0.15) is 37.7 Å². The highest BCUT2D eigenvalue weighted by molar-refractivity contribution is 5.80. The second kappa shape index (κ2) is 6.81. The molecule has 0 aromatic carbocycles. The Hall–Kier alpha value is -1.46. The van der Waals surface area contributed by atoms with Crippen molar-refractivity contribution in [3.8, 4) is 0 Å². The van der Waals surface area contributed by atoms with E-state index in [4.69, 9.17) is 5.73 Å². The second-order valence-electron chi connectivity index (χ2n) is 7.85. The summed E-state index contributed by atoms with van der Waals surface area (Å²) in [7, 11) is 0. The molecule has 3 N–H and O–H groups in total. The van der Waals surface area contributed by atoms with Crippen molar-refractivity contribution in [2.24, 2.45) is 23.5 Å². The van der Waals surface area contributed by atoms with Crippen LogP contribution in [0.25, 0.3) is 0 Å². The highest BCUT2D eigenvalue weighted by atomic mass is 16.2. The summed E-state index contributed by atoms with van der Waals surface area (Å²) >= 11 is 0. The third-order valence-corrected chi connectivity index (χ3v) is 6.37. The number of nitrogens with one attached hydrogen (secondary N) is 1. The number of amides is 1. The monoisotopic (exact) mass is 328 g/mol. The highest BCUT2D eigenvalue weighted by Gasteiger charge is 2.49. The smallest absolute Gasteiger partial charge is 0.225 e. The first-order chi connectivity index (χ1) is 11.7. The maximum atomic E-state index is 12.7. The minimum absolute atomic E-state index is 0.0681. The summed E-state index contributed by atoms with van der Waals surface area (Å²) in [4.78, 5) is 19.2. The van der Waals surface area contributed by atoms with Gasteiger partial charge in [-0.15, -0.1) is 0 Å². The number of hydrogen-bond donors (Lipinski definition) is 2. The molecule has 2 heterocycles. The lowest BCUT2D eigenvalue weighted by Gasteiger charge is -2.34. The molecule has 4 rings (SSSR count). The fraction of sp³-hybridized carbons (Fsp3) is 0.684. The van der Waals surface area contributed by atoms with E-state index in [1.165, 1.54) is 24.8 Å². The van der Waals surface area contributed by atoms with Gasteiger partial charge in [0.25, 0.3) is 0 Å². The Labute approximate surface area is 144 Å². The van der Waals surface area contributed by atoms with Gasteiger partial charge in [-0.2, -0.15) is 0 Å². The molecule has 1 aliphatic heterocycles. The van der Waals surface area contributed by atoms with Crippen LogP contribution in [-0.2, 0) is 11.3 Å². The average molecular weight is 328 g/mol. The molecule has 2 bridgehead atoms. The summed E-state index contributed by atoms with van der Waals surface area (Å²) in [6, 6.07) is 4.56. The molecule has 1 saturated heterocycles. The van der Waals surface area contributed by atoms with Crippen LogP contribution in [-0.4, -0.2) is 41.0 Å². The van der Waals surface area contributed by atoms with Crippen LogP contribution in [0.4, 0.5) is 0 Å². The predicted octanol–water partition coefficient (Wildman–Crippen LogP) is 1.54. The molecule has 130 valence electrons. The van der Waals surface area contributed by atoms with Gasteiger partial charge >= 0.3 is 0 Å². The van der Waals surface area contributed by atoms with Gasteiger partial charge in [-0.3, -0.25) is 14.7 Å². The maximum Gasteiger partial charge on any atom is 0.225 e. The third kappa shape index (κ3) is 3.20. The van der Waals surface area contributed by atoms with Crippen molar-refractivity contribution in [3.05, 3.63) is 30.1 Å². The summed E-state index contributed by atoms with van der Waals surface area (Å²) in [6.07, 6.45) is 9.36. The lowest BCUT2D eigenvalue weighted by molar-refractivity contribution is -0.128. The van der Waals surface area contributed by atoms with Gasteiger partial charge in [-0.1, -0.05) is 0 Å². The number of rotatable bonds is 4. The molecular formula is C19H28N4O. The Morgan fingerprint density at radius 1 is 1.17 bits per heavy atom. The van der Waals surface area contributed by atoms with E-state index < -0.39 is 0 Å². The zero-order valence-electron chi connectivity index (χ0n) is 14.2. The van der Waals surface area contributed by atoms with E-state index >= 15 is 0 Å². The average Bonchev–Trinajstić information content (AvgIpc) is 3.18. The van der Waals surface area contributed by atoms with Crippen molar-refractivity contribution in [2.45, 2.75) is 50.7 Å². The number of likely N-dealkylation sites (tertiary alicyclic amines) is 1. The quantitative estimate of drug-likeness (QED) is 0.879. The largest absolute Gasteiger partial charge is 0.353 e. The molecule has 1 aromatic heterocycles. The van der Waals surface area contributed by atoms with E-state index in [9.17, 15) is 4.79 Å². The zero-order valence-corrected chi connectivity index (χ0v) is 14.2. The molecule has 2 aliphatic carbocycles. The minimum atomic E-state index is 0.0681. The number of carbonyl (C=O) groups is 1. The van der Waals surface area contributed by atoms with Crippen LogP contribution >= 0.6 is 0 Å². The van der Waals surface area contributed by atoms with Gasteiger partial charge in [-0.05, 0) is 61.6 Å². The summed E-state index contributed by atoms with van der Waals surface area (Å²) in [5.74, 6) is 1.42. The molecule has 3 aliphatic rings. The molecular weight excluding hydrogens is 300 g/mol. The van der Waals surface area contributed by atoms with Crippen molar-refractivity contribution in [3.63, 3.8) is 0 Å². The van der Waals surface area contributed by atoms with Crippen molar-refractivity contribution in [1.82, 2.24) is 15.2 Å². The number of piperidine rings is 1. The standard InChI is InChI=1S/C19H28N4O/c20-18-15-2-1-14(11-15)17(18)19(24)22-16-5-9-23(10-6-16)12-13-3-7-21-8-4-13/h3-4,7-8,14-18H,1-2,5-6,9-12,20H2,(H,22,24). The third-order valence-electron chi connectivity index (χ3n) is 6.37. The Bertz CT molecular complexity index is 568. The molecule has 2 saturated carbocycles. The van der Waals surface area contributed by atoms with E-state index in [1.807, 2.05) is 12.4 Å². The molecule has 5 nitrogen and oxygen atoms in total. The first-order valence-corrected chi connectivity index (χ1v) is 9.38. The van der Waals surface area contributed by atoms with E-state index in [0.29, 0.717) is 17.9 Å². The SMILES string of the molecule is NC1C2CCC(C2)C1C(=O)NC1CCN(Cc2ccncc2)CC1. The van der Waals surface area contributed by atoms with Crippen molar-refractivity contribution in [2.75, 3.05) is 13.1 Å². The highest BCUT2D eigenvalue weighted by Crippen LogP contribution is 2.47.